The minimum atomic E-state index is -3.07. The third-order valence-electron chi connectivity index (χ3n) is 7.61. The third kappa shape index (κ3) is 5.76. The number of piperidine rings is 1. The summed E-state index contributed by atoms with van der Waals surface area (Å²) in [4.78, 5) is 22.0. The first kappa shape index (κ1) is 23.7. The average molecular weight is 561 g/mol. The second-order valence-corrected chi connectivity index (χ2v) is 13.0. The second kappa shape index (κ2) is 10.8. The summed E-state index contributed by atoms with van der Waals surface area (Å²) in [5.74, 6) is 2.54. The number of alkyl halides is 1. The highest BCUT2D eigenvalue weighted by Gasteiger charge is 2.39. The fourth-order valence-electron chi connectivity index (χ4n) is 5.35. The van der Waals surface area contributed by atoms with Crippen molar-refractivity contribution in [3.63, 3.8) is 0 Å². The van der Waals surface area contributed by atoms with E-state index in [1.165, 1.54) is 6.26 Å². The van der Waals surface area contributed by atoms with E-state index >= 15 is 0 Å². The smallest absolute Gasteiger partial charge is 0.227 e. The molecule has 2 aliphatic rings. The molecule has 2 saturated heterocycles. The van der Waals surface area contributed by atoms with E-state index in [0.29, 0.717) is 30.7 Å². The number of rotatable bonds is 8. The van der Waals surface area contributed by atoms with E-state index in [1.807, 2.05) is 19.2 Å². The van der Waals surface area contributed by atoms with Crippen molar-refractivity contribution in [3.05, 3.63) is 36.3 Å². The summed E-state index contributed by atoms with van der Waals surface area (Å²) in [6.07, 6.45) is 4.19. The van der Waals surface area contributed by atoms with Crippen LogP contribution in [0.1, 0.15) is 42.8 Å². The van der Waals surface area contributed by atoms with Crippen molar-refractivity contribution in [2.75, 3.05) is 53.8 Å². The number of pyridine rings is 2. The molecule has 0 aliphatic carbocycles. The van der Waals surface area contributed by atoms with Gasteiger partial charge in [-0.25, -0.2) is 27.8 Å². The number of sulfone groups is 1. The number of fused-ring (bicyclic) bond motifs is 1. The van der Waals surface area contributed by atoms with Gasteiger partial charge in [-0.1, -0.05) is 13.8 Å². The lowest BCUT2D eigenvalue weighted by molar-refractivity contribution is 0.0194. The molecule has 210 valence electrons. The minimum absolute atomic E-state index is 0.0339. The first-order chi connectivity index (χ1) is 19.7. The van der Waals surface area contributed by atoms with Gasteiger partial charge in [0.25, 0.3) is 0 Å². The van der Waals surface area contributed by atoms with Gasteiger partial charge in [-0.15, -0.1) is 0 Å². The maximum atomic E-state index is 14.7. The Morgan fingerprint density at radius 1 is 1.21 bits per heavy atom. The zero-order valence-corrected chi connectivity index (χ0v) is 23.3. The zero-order valence-electron chi connectivity index (χ0n) is 25.5. The Bertz CT molecular complexity index is 1560. The Kier molecular flexibility index (Phi) is 6.58. The largest absolute Gasteiger partial charge is 0.378 e. The molecular formula is C27H36FN7O3S. The summed E-state index contributed by atoms with van der Waals surface area (Å²) in [7, 11) is -5.71. The fourth-order valence-corrected chi connectivity index (χ4v) is 6.51. The molecule has 5 heterocycles. The maximum absolute atomic E-state index is 14.7. The molecule has 0 unspecified atom stereocenters. The van der Waals surface area contributed by atoms with E-state index < -0.39 is 29.2 Å². The molecular weight excluding hydrogens is 521 g/mol. The minimum Gasteiger partial charge on any atom is -0.378 e. The van der Waals surface area contributed by atoms with Crippen LogP contribution in [0.25, 0.3) is 10.8 Å². The lowest BCUT2D eigenvalue weighted by Crippen LogP contribution is -2.57. The van der Waals surface area contributed by atoms with E-state index in [0.717, 1.165) is 22.2 Å². The highest BCUT2D eigenvalue weighted by Crippen LogP contribution is 2.38. The standard InChI is InChI=1S/C27H36FN7O3S/c1-16(2)20-11-31-26(35-13-18(17(35)3)15-39(5,36)37)21-12-30-25(10-19(20)21)32-24-6-8-29-27(33-24)34-9-7-23(38-4)22(28)14-34/h6,8,10-12,16-18,22-23H,7,9,13-15H2,1-5H3,(H,29,30,32,33)/t17-,18-,22-,23+/m1/s1/i4D3. The van der Waals surface area contributed by atoms with Crippen LogP contribution in [0.4, 0.5) is 27.8 Å². The molecule has 10 nitrogen and oxygen atoms in total. The van der Waals surface area contributed by atoms with E-state index in [-0.39, 0.29) is 36.6 Å². The summed E-state index contributed by atoms with van der Waals surface area (Å²) in [5, 5.41) is 5.10. The summed E-state index contributed by atoms with van der Waals surface area (Å²) in [5.41, 5.74) is 1.06. The van der Waals surface area contributed by atoms with Gasteiger partial charge in [-0.2, -0.15) is 4.98 Å². The summed E-state index contributed by atoms with van der Waals surface area (Å²) >= 11 is 0. The van der Waals surface area contributed by atoms with Gasteiger partial charge in [0, 0.05) is 62.3 Å². The summed E-state index contributed by atoms with van der Waals surface area (Å²) in [6, 6.07) is 3.68. The molecule has 0 radical (unpaired) electrons. The summed E-state index contributed by atoms with van der Waals surface area (Å²) < 4.78 is 65.0. The summed E-state index contributed by atoms with van der Waals surface area (Å²) in [6.45, 7) is 7.10. The van der Waals surface area contributed by atoms with Crippen LogP contribution in [0.15, 0.2) is 30.7 Å². The van der Waals surface area contributed by atoms with Gasteiger partial charge in [-0.3, -0.25) is 0 Å². The van der Waals surface area contributed by atoms with E-state index in [9.17, 15) is 12.8 Å². The first-order valence-electron chi connectivity index (χ1n) is 14.6. The van der Waals surface area contributed by atoms with Gasteiger partial charge in [-0.05, 0) is 42.3 Å². The number of ether oxygens (including phenoxy) is 1. The van der Waals surface area contributed by atoms with E-state index in [1.54, 1.807) is 23.4 Å². The number of aromatic nitrogens is 4. The lowest BCUT2D eigenvalue weighted by atomic mass is 9.90. The lowest BCUT2D eigenvalue weighted by Gasteiger charge is -2.47. The number of hydrogen-bond donors (Lipinski definition) is 1. The molecule has 1 N–H and O–H groups in total. The Hall–Kier alpha value is -3.12. The average Bonchev–Trinajstić information content (AvgIpc) is 2.90. The van der Waals surface area contributed by atoms with E-state index in [2.05, 4.69) is 39.0 Å². The number of halogens is 1. The highest BCUT2D eigenvalue weighted by molar-refractivity contribution is 7.90. The van der Waals surface area contributed by atoms with Gasteiger partial charge in [0.05, 0.1) is 22.5 Å². The van der Waals surface area contributed by atoms with Crippen molar-refractivity contribution in [1.29, 1.82) is 0 Å². The number of methoxy groups -OCH3 is 1. The normalized spacial score (nSPS) is 25.2. The van der Waals surface area contributed by atoms with Crippen molar-refractivity contribution < 1.29 is 21.7 Å². The predicted octanol–water partition coefficient (Wildman–Crippen LogP) is 3.72. The predicted molar refractivity (Wildman–Crippen MR) is 151 cm³/mol. The van der Waals surface area contributed by atoms with Crippen LogP contribution in [-0.4, -0.2) is 85.4 Å². The van der Waals surface area contributed by atoms with Gasteiger partial charge in [0.15, 0.2) is 0 Å². The van der Waals surface area contributed by atoms with Crippen LogP contribution in [0.3, 0.4) is 0 Å². The third-order valence-corrected chi connectivity index (χ3v) is 8.65. The van der Waals surface area contributed by atoms with Crippen molar-refractivity contribution >= 4 is 44.0 Å². The van der Waals surface area contributed by atoms with Crippen molar-refractivity contribution in [2.45, 2.75) is 51.4 Å². The Balaban J connectivity index is 1.35. The zero-order chi connectivity index (χ0) is 30.4. The molecule has 0 aromatic carbocycles. The molecule has 0 spiro atoms. The molecule has 0 bridgehead atoms. The first-order valence-corrected chi connectivity index (χ1v) is 15.1. The molecule has 2 fully saturated rings. The molecule has 0 amide bonds. The number of hydrogen-bond acceptors (Lipinski definition) is 10. The van der Waals surface area contributed by atoms with Gasteiger partial charge in [0.1, 0.15) is 33.5 Å². The van der Waals surface area contributed by atoms with Gasteiger partial charge >= 0.3 is 0 Å². The van der Waals surface area contributed by atoms with Crippen LogP contribution in [-0.2, 0) is 14.6 Å². The molecule has 3 aromatic heterocycles. The molecule has 0 saturated carbocycles. The van der Waals surface area contributed by atoms with Gasteiger partial charge < -0.3 is 19.9 Å². The fraction of sp³-hybridized carbons (Fsp3) is 0.556. The number of nitrogens with zero attached hydrogens (tertiary/aromatic N) is 6. The Labute approximate surface area is 233 Å². The van der Waals surface area contributed by atoms with Crippen molar-refractivity contribution in [1.82, 2.24) is 19.9 Å². The molecule has 12 heteroatoms. The van der Waals surface area contributed by atoms with E-state index in [4.69, 9.17) is 13.8 Å². The van der Waals surface area contributed by atoms with Crippen LogP contribution in [0.2, 0.25) is 0 Å². The topological polar surface area (TPSA) is 113 Å². The Morgan fingerprint density at radius 2 is 2.03 bits per heavy atom. The number of nitrogens with one attached hydrogen (secondary N) is 1. The number of anilines is 4. The van der Waals surface area contributed by atoms with Crippen LogP contribution in [0, 0.1) is 5.92 Å². The SMILES string of the molecule is [2H]C([2H])([2H])O[C@H]1CCN(c2nccc(Nc3cc4c(C(C)C)cnc(N5C[C@H](CS(C)(=O)=O)[C@H]5C)c4cn3)n2)C[C@H]1F. The molecule has 5 rings (SSSR count). The molecule has 3 aromatic rings. The molecule has 2 aliphatic heterocycles. The second-order valence-electron chi connectivity index (χ2n) is 10.8. The van der Waals surface area contributed by atoms with Gasteiger partial charge in [0.2, 0.25) is 5.95 Å². The highest BCUT2D eigenvalue weighted by atomic mass is 32.2. The molecule has 4 atom stereocenters. The van der Waals surface area contributed by atoms with Crippen LogP contribution in [0.5, 0.6) is 0 Å². The molecule has 39 heavy (non-hydrogen) atoms. The van der Waals surface area contributed by atoms with Crippen molar-refractivity contribution in [2.24, 2.45) is 5.92 Å². The van der Waals surface area contributed by atoms with Crippen LogP contribution < -0.4 is 15.1 Å². The monoisotopic (exact) mass is 560 g/mol. The van der Waals surface area contributed by atoms with Crippen molar-refractivity contribution in [3.8, 4) is 0 Å². The Morgan fingerprint density at radius 3 is 2.72 bits per heavy atom. The quantitative estimate of drug-likeness (QED) is 0.437. The van der Waals surface area contributed by atoms with Crippen LogP contribution >= 0.6 is 0 Å². The maximum Gasteiger partial charge on any atom is 0.227 e.